The van der Waals surface area contributed by atoms with E-state index in [1.165, 1.54) is 17.5 Å². The fraction of sp³-hybridized carbons (Fsp3) is 0. The smallest absolute Gasteiger partial charge is 0.341 e. The number of amidine groups is 2. The van der Waals surface area contributed by atoms with Gasteiger partial charge < -0.3 is 5.11 Å². The van der Waals surface area contributed by atoms with E-state index in [0.29, 0.717) is 17.2 Å². The van der Waals surface area contributed by atoms with E-state index in [0.717, 1.165) is 5.69 Å². The summed E-state index contributed by atoms with van der Waals surface area (Å²) in [6.07, 6.45) is 4.27. The summed E-state index contributed by atoms with van der Waals surface area (Å²) in [6, 6.07) is 9.49. The van der Waals surface area contributed by atoms with Crippen molar-refractivity contribution in [3.63, 3.8) is 0 Å². The lowest BCUT2D eigenvalue weighted by Crippen LogP contribution is -2.40. The Morgan fingerprint density at radius 2 is 2.04 bits per heavy atom. The zero-order valence-electron chi connectivity index (χ0n) is 12.2. The van der Waals surface area contributed by atoms with Crippen LogP contribution in [0.1, 0.15) is 5.56 Å². The summed E-state index contributed by atoms with van der Waals surface area (Å²) in [5.41, 5.74) is 3.97. The molecule has 3 heterocycles. The minimum absolute atomic E-state index is 0.234. The van der Waals surface area contributed by atoms with E-state index in [4.69, 9.17) is 10.5 Å². The number of aliphatic carboxylic acids is 1. The number of aliphatic imine (C=N–C) groups is 2. The monoisotopic (exact) mass is 321 g/mol. The van der Waals surface area contributed by atoms with Crippen LogP contribution in [-0.2, 0) is 4.79 Å². The number of fused-ring (bicyclic) bond motifs is 3. The van der Waals surface area contributed by atoms with Gasteiger partial charge in [0, 0.05) is 6.20 Å². The van der Waals surface area contributed by atoms with Crippen LogP contribution in [0.2, 0.25) is 0 Å². The van der Waals surface area contributed by atoms with Crippen LogP contribution in [0, 0.1) is 5.41 Å². The molecule has 118 valence electrons. The Labute approximate surface area is 135 Å². The third-order valence-corrected chi connectivity index (χ3v) is 3.56. The molecule has 2 aromatic rings. The molecule has 0 radical (unpaired) electrons. The van der Waals surface area contributed by atoms with Gasteiger partial charge >= 0.3 is 5.97 Å². The van der Waals surface area contributed by atoms with E-state index in [9.17, 15) is 4.79 Å². The van der Waals surface area contributed by atoms with Gasteiger partial charge in [0.15, 0.2) is 17.5 Å². The number of carbonyl (C=O) groups is 1. The summed E-state index contributed by atoms with van der Waals surface area (Å²) in [5, 5.41) is 22.8. The van der Waals surface area contributed by atoms with Crippen LogP contribution < -0.4 is 5.43 Å². The molecule has 0 saturated carbocycles. The fourth-order valence-corrected chi connectivity index (χ4v) is 2.42. The topological polar surface area (TPSA) is 119 Å². The molecule has 2 aliphatic rings. The molecular formula is C15H11N7O2. The molecule has 2 aliphatic heterocycles. The average molecular weight is 321 g/mol. The minimum Gasteiger partial charge on any atom is -0.477 e. The zero-order chi connectivity index (χ0) is 16.7. The van der Waals surface area contributed by atoms with Gasteiger partial charge in [-0.2, -0.15) is 5.10 Å². The Bertz CT molecular complexity index is 940. The quantitative estimate of drug-likeness (QED) is 0.764. The van der Waals surface area contributed by atoms with Gasteiger partial charge in [-0.25, -0.2) is 24.5 Å². The van der Waals surface area contributed by atoms with Crippen molar-refractivity contribution in [1.29, 1.82) is 5.41 Å². The largest absolute Gasteiger partial charge is 0.477 e. The second-order valence-corrected chi connectivity index (χ2v) is 5.02. The number of para-hydroxylation sites is 1. The van der Waals surface area contributed by atoms with Crippen LogP contribution in [0.3, 0.4) is 0 Å². The molecule has 0 unspecified atom stereocenters. The number of nitrogens with one attached hydrogen (secondary N) is 2. The Morgan fingerprint density at radius 3 is 2.79 bits per heavy atom. The van der Waals surface area contributed by atoms with Gasteiger partial charge in [-0.15, -0.1) is 0 Å². The van der Waals surface area contributed by atoms with Gasteiger partial charge in [-0.3, -0.25) is 10.8 Å². The van der Waals surface area contributed by atoms with Crippen LogP contribution in [0.4, 0.5) is 5.82 Å². The molecule has 1 aromatic heterocycles. The third-order valence-electron chi connectivity index (χ3n) is 3.56. The number of hydrazine groups is 1. The lowest BCUT2D eigenvalue weighted by atomic mass is 10.2. The Balaban J connectivity index is 1.82. The molecule has 0 amide bonds. The van der Waals surface area contributed by atoms with Crippen molar-refractivity contribution >= 4 is 29.8 Å². The SMILES string of the molecule is N=C1N=C2c3cnn(-c4ccccc4)c3N=CN2NC=C1C(=O)O. The van der Waals surface area contributed by atoms with E-state index >= 15 is 0 Å². The van der Waals surface area contributed by atoms with Gasteiger partial charge in [-0.05, 0) is 12.1 Å². The maximum absolute atomic E-state index is 11.2. The predicted octanol–water partition coefficient (Wildman–Crippen LogP) is 1.06. The minimum atomic E-state index is -1.23. The first-order chi connectivity index (χ1) is 11.6. The second kappa shape index (κ2) is 5.16. The van der Waals surface area contributed by atoms with Crippen LogP contribution in [-0.4, -0.2) is 43.9 Å². The van der Waals surface area contributed by atoms with Crippen LogP contribution >= 0.6 is 0 Å². The van der Waals surface area contributed by atoms with E-state index in [2.05, 4.69) is 20.5 Å². The second-order valence-electron chi connectivity index (χ2n) is 5.02. The summed E-state index contributed by atoms with van der Waals surface area (Å²) in [6.45, 7) is 0. The number of aromatic nitrogens is 2. The predicted molar refractivity (Wildman–Crippen MR) is 86.7 cm³/mol. The maximum atomic E-state index is 11.2. The van der Waals surface area contributed by atoms with Crippen molar-refractivity contribution in [2.24, 2.45) is 9.98 Å². The number of hydrogen-bond donors (Lipinski definition) is 3. The molecule has 9 heteroatoms. The Hall–Kier alpha value is -3.75. The van der Waals surface area contributed by atoms with Crippen molar-refractivity contribution < 1.29 is 9.90 Å². The highest BCUT2D eigenvalue weighted by Gasteiger charge is 2.28. The summed E-state index contributed by atoms with van der Waals surface area (Å²) >= 11 is 0. The molecular weight excluding hydrogens is 310 g/mol. The molecule has 4 rings (SSSR count). The van der Waals surface area contributed by atoms with Crippen LogP contribution in [0.5, 0.6) is 0 Å². The molecule has 0 atom stereocenters. The van der Waals surface area contributed by atoms with Crippen molar-refractivity contribution in [1.82, 2.24) is 20.2 Å². The highest BCUT2D eigenvalue weighted by atomic mass is 16.4. The summed E-state index contributed by atoms with van der Waals surface area (Å²) in [5.74, 6) is -0.653. The highest BCUT2D eigenvalue weighted by molar-refractivity contribution is 6.23. The van der Waals surface area contributed by atoms with Crippen LogP contribution in [0.25, 0.3) is 5.69 Å². The number of hydrogen-bond acceptors (Lipinski definition) is 6. The van der Waals surface area contributed by atoms with E-state index < -0.39 is 5.97 Å². The molecule has 9 nitrogen and oxygen atoms in total. The third kappa shape index (κ3) is 2.07. The van der Waals surface area contributed by atoms with E-state index in [1.807, 2.05) is 30.3 Å². The zero-order valence-corrected chi connectivity index (χ0v) is 12.2. The van der Waals surface area contributed by atoms with Crippen LogP contribution in [0.15, 0.2) is 58.3 Å². The fourth-order valence-electron chi connectivity index (χ4n) is 2.42. The van der Waals surface area contributed by atoms with Gasteiger partial charge in [-0.1, -0.05) is 18.2 Å². The Morgan fingerprint density at radius 1 is 1.25 bits per heavy atom. The molecule has 0 bridgehead atoms. The summed E-state index contributed by atoms with van der Waals surface area (Å²) in [7, 11) is 0. The maximum Gasteiger partial charge on any atom is 0.341 e. The number of rotatable bonds is 2. The lowest BCUT2D eigenvalue weighted by Gasteiger charge is -2.22. The summed E-state index contributed by atoms with van der Waals surface area (Å²) < 4.78 is 1.66. The molecule has 1 aromatic carbocycles. The molecule has 0 saturated heterocycles. The number of carboxylic acids is 1. The average Bonchev–Trinajstić information content (AvgIpc) is 2.93. The van der Waals surface area contributed by atoms with Crippen molar-refractivity contribution in [3.8, 4) is 5.69 Å². The first kappa shape index (κ1) is 13.9. The van der Waals surface area contributed by atoms with Crippen molar-refractivity contribution in [3.05, 3.63) is 53.9 Å². The van der Waals surface area contributed by atoms with Crippen molar-refractivity contribution in [2.45, 2.75) is 0 Å². The van der Waals surface area contributed by atoms with Gasteiger partial charge in [0.25, 0.3) is 0 Å². The van der Waals surface area contributed by atoms with Crippen molar-refractivity contribution in [2.75, 3.05) is 0 Å². The van der Waals surface area contributed by atoms with Gasteiger partial charge in [0.1, 0.15) is 11.9 Å². The number of benzene rings is 1. The summed E-state index contributed by atoms with van der Waals surface area (Å²) in [4.78, 5) is 19.7. The molecule has 0 aliphatic carbocycles. The first-order valence-corrected chi connectivity index (χ1v) is 6.99. The van der Waals surface area contributed by atoms with E-state index in [1.54, 1.807) is 10.9 Å². The molecule has 0 spiro atoms. The normalized spacial score (nSPS) is 15.7. The standard InChI is InChI=1S/C15H11N7O2/c16-12-10(15(23)24)6-18-21-8-17-13-11(14(21)20-12)7-19-22(13)9-4-2-1-3-5-9/h1-8,16,18H,(H,23,24). The first-order valence-electron chi connectivity index (χ1n) is 6.99. The molecule has 24 heavy (non-hydrogen) atoms. The number of nitrogens with zero attached hydrogens (tertiary/aromatic N) is 5. The lowest BCUT2D eigenvalue weighted by molar-refractivity contribution is -0.132. The molecule has 0 fully saturated rings. The Kier molecular flexibility index (Phi) is 2.98. The van der Waals surface area contributed by atoms with E-state index in [-0.39, 0.29) is 11.4 Å². The highest BCUT2D eigenvalue weighted by Crippen LogP contribution is 2.27. The molecule has 3 N–H and O–H groups in total. The number of carboxylic acid groups (broad SMARTS) is 1. The van der Waals surface area contributed by atoms with Gasteiger partial charge in [0.05, 0.1) is 17.4 Å². The van der Waals surface area contributed by atoms with Gasteiger partial charge in [0.2, 0.25) is 0 Å².